The SMILES string of the molecule is CCC1(CC)CN(C2CCC(SC)CC2)C(C(C)C)CN1. The van der Waals surface area contributed by atoms with Crippen molar-refractivity contribution in [2.45, 2.75) is 89.1 Å². The molecule has 1 unspecified atom stereocenters. The summed E-state index contributed by atoms with van der Waals surface area (Å²) < 4.78 is 0. The zero-order valence-corrected chi connectivity index (χ0v) is 15.6. The number of nitrogens with one attached hydrogen (secondary N) is 1. The number of hydrogen-bond donors (Lipinski definition) is 1. The summed E-state index contributed by atoms with van der Waals surface area (Å²) in [6, 6.07) is 1.56. The van der Waals surface area contributed by atoms with Crippen LogP contribution < -0.4 is 5.32 Å². The third-order valence-electron chi connectivity index (χ3n) is 6.17. The lowest BCUT2D eigenvalue weighted by Crippen LogP contribution is -2.67. The molecule has 1 aliphatic heterocycles. The molecular weight excluding hydrogens is 276 g/mol. The van der Waals surface area contributed by atoms with Gasteiger partial charge in [-0.15, -0.1) is 0 Å². The molecule has 1 heterocycles. The van der Waals surface area contributed by atoms with E-state index < -0.39 is 0 Å². The Morgan fingerprint density at radius 2 is 1.76 bits per heavy atom. The van der Waals surface area contributed by atoms with Crippen molar-refractivity contribution in [2.24, 2.45) is 5.92 Å². The van der Waals surface area contributed by atoms with Crippen LogP contribution in [0.15, 0.2) is 0 Å². The van der Waals surface area contributed by atoms with E-state index in [4.69, 9.17) is 0 Å². The van der Waals surface area contributed by atoms with Crippen molar-refractivity contribution in [1.29, 1.82) is 0 Å². The first-order valence-electron chi connectivity index (χ1n) is 9.08. The van der Waals surface area contributed by atoms with Crippen LogP contribution in [-0.2, 0) is 0 Å². The molecule has 0 bridgehead atoms. The molecule has 1 aliphatic carbocycles. The summed E-state index contributed by atoms with van der Waals surface area (Å²) in [5.41, 5.74) is 0.363. The predicted octanol–water partition coefficient (Wildman–Crippen LogP) is 4.15. The summed E-state index contributed by atoms with van der Waals surface area (Å²) in [5, 5.41) is 4.83. The quantitative estimate of drug-likeness (QED) is 0.821. The van der Waals surface area contributed by atoms with Crippen molar-refractivity contribution in [3.8, 4) is 0 Å². The van der Waals surface area contributed by atoms with Gasteiger partial charge in [-0.1, -0.05) is 27.7 Å². The highest BCUT2D eigenvalue weighted by atomic mass is 32.2. The fourth-order valence-electron chi connectivity index (χ4n) is 4.32. The molecular formula is C18H36N2S. The molecule has 1 saturated carbocycles. The van der Waals surface area contributed by atoms with Crippen LogP contribution in [0.4, 0.5) is 0 Å². The lowest BCUT2D eigenvalue weighted by atomic mass is 9.83. The molecule has 1 saturated heterocycles. The second-order valence-electron chi connectivity index (χ2n) is 7.52. The summed E-state index contributed by atoms with van der Waals surface area (Å²) >= 11 is 2.08. The van der Waals surface area contributed by atoms with Gasteiger partial charge in [0, 0.05) is 36.0 Å². The first-order chi connectivity index (χ1) is 10.0. The van der Waals surface area contributed by atoms with Crippen LogP contribution >= 0.6 is 11.8 Å². The molecule has 0 radical (unpaired) electrons. The van der Waals surface area contributed by atoms with Gasteiger partial charge in [0.25, 0.3) is 0 Å². The summed E-state index contributed by atoms with van der Waals surface area (Å²) in [6.45, 7) is 12.0. The molecule has 2 aliphatic rings. The Bertz CT molecular complexity index is 306. The van der Waals surface area contributed by atoms with Gasteiger partial charge in [0.1, 0.15) is 0 Å². The minimum atomic E-state index is 0.363. The van der Waals surface area contributed by atoms with Crippen LogP contribution in [-0.4, -0.2) is 47.1 Å². The lowest BCUT2D eigenvalue weighted by molar-refractivity contribution is 0.00530. The molecule has 0 amide bonds. The van der Waals surface area contributed by atoms with Crippen molar-refractivity contribution >= 4 is 11.8 Å². The third-order valence-corrected chi connectivity index (χ3v) is 7.30. The van der Waals surface area contributed by atoms with Crippen molar-refractivity contribution in [3.05, 3.63) is 0 Å². The number of piperazine rings is 1. The van der Waals surface area contributed by atoms with Crippen LogP contribution in [0.25, 0.3) is 0 Å². The predicted molar refractivity (Wildman–Crippen MR) is 96.2 cm³/mol. The maximum Gasteiger partial charge on any atom is 0.0304 e. The van der Waals surface area contributed by atoms with Crippen LogP contribution in [0.1, 0.15) is 66.2 Å². The zero-order chi connectivity index (χ0) is 15.5. The maximum atomic E-state index is 3.91. The summed E-state index contributed by atoms with van der Waals surface area (Å²) in [7, 11) is 0. The fraction of sp³-hybridized carbons (Fsp3) is 1.00. The Labute approximate surface area is 136 Å². The van der Waals surface area contributed by atoms with Crippen LogP contribution in [0.5, 0.6) is 0 Å². The highest BCUT2D eigenvalue weighted by Crippen LogP contribution is 2.34. The van der Waals surface area contributed by atoms with Gasteiger partial charge >= 0.3 is 0 Å². The molecule has 2 rings (SSSR count). The Kier molecular flexibility index (Phi) is 6.46. The van der Waals surface area contributed by atoms with E-state index in [1.54, 1.807) is 0 Å². The Morgan fingerprint density at radius 3 is 2.24 bits per heavy atom. The Morgan fingerprint density at radius 1 is 1.14 bits per heavy atom. The minimum Gasteiger partial charge on any atom is -0.308 e. The first-order valence-corrected chi connectivity index (χ1v) is 10.4. The van der Waals surface area contributed by atoms with Crippen molar-refractivity contribution in [1.82, 2.24) is 10.2 Å². The highest BCUT2D eigenvalue weighted by Gasteiger charge is 2.41. The van der Waals surface area contributed by atoms with Gasteiger partial charge < -0.3 is 5.32 Å². The van der Waals surface area contributed by atoms with Gasteiger partial charge in [-0.2, -0.15) is 11.8 Å². The van der Waals surface area contributed by atoms with E-state index in [0.29, 0.717) is 5.54 Å². The number of hydrogen-bond acceptors (Lipinski definition) is 3. The van der Waals surface area contributed by atoms with E-state index in [2.05, 4.69) is 55.9 Å². The number of rotatable bonds is 5. The van der Waals surface area contributed by atoms with Crippen LogP contribution in [0.2, 0.25) is 0 Å². The monoisotopic (exact) mass is 312 g/mol. The zero-order valence-electron chi connectivity index (χ0n) is 14.8. The molecule has 0 aromatic heterocycles. The molecule has 1 N–H and O–H groups in total. The molecule has 2 fully saturated rings. The highest BCUT2D eigenvalue weighted by molar-refractivity contribution is 7.99. The van der Waals surface area contributed by atoms with E-state index >= 15 is 0 Å². The van der Waals surface area contributed by atoms with E-state index in [0.717, 1.165) is 23.3 Å². The van der Waals surface area contributed by atoms with Gasteiger partial charge in [0.05, 0.1) is 0 Å². The standard InChI is InChI=1S/C18H36N2S/c1-6-18(7-2)13-20(17(12-19-18)14(3)4)15-8-10-16(21-5)11-9-15/h14-17,19H,6-13H2,1-5H3. The van der Waals surface area contributed by atoms with Crippen molar-refractivity contribution < 1.29 is 0 Å². The molecule has 0 spiro atoms. The van der Waals surface area contributed by atoms with Gasteiger partial charge in [0.2, 0.25) is 0 Å². The molecule has 21 heavy (non-hydrogen) atoms. The smallest absolute Gasteiger partial charge is 0.0304 e. The van der Waals surface area contributed by atoms with Gasteiger partial charge in [-0.25, -0.2) is 0 Å². The normalized spacial score (nSPS) is 34.3. The van der Waals surface area contributed by atoms with E-state index in [1.165, 1.54) is 51.6 Å². The average molecular weight is 313 g/mol. The summed E-state index contributed by atoms with van der Waals surface area (Å²) in [4.78, 5) is 2.91. The summed E-state index contributed by atoms with van der Waals surface area (Å²) in [5.74, 6) is 0.752. The molecule has 3 heteroatoms. The van der Waals surface area contributed by atoms with Gasteiger partial charge in [-0.3, -0.25) is 4.90 Å². The van der Waals surface area contributed by atoms with E-state index in [-0.39, 0.29) is 0 Å². The Hall–Kier alpha value is 0.270. The average Bonchev–Trinajstić information content (AvgIpc) is 2.54. The largest absolute Gasteiger partial charge is 0.308 e. The molecule has 0 aromatic carbocycles. The third kappa shape index (κ3) is 3.97. The minimum absolute atomic E-state index is 0.363. The summed E-state index contributed by atoms with van der Waals surface area (Å²) in [6.07, 6.45) is 10.5. The van der Waals surface area contributed by atoms with Gasteiger partial charge in [-0.05, 0) is 50.7 Å². The topological polar surface area (TPSA) is 15.3 Å². The van der Waals surface area contributed by atoms with E-state index in [9.17, 15) is 0 Å². The van der Waals surface area contributed by atoms with Crippen LogP contribution in [0.3, 0.4) is 0 Å². The number of thioether (sulfide) groups is 1. The van der Waals surface area contributed by atoms with E-state index in [1.807, 2.05) is 0 Å². The molecule has 0 aromatic rings. The second-order valence-corrected chi connectivity index (χ2v) is 8.66. The molecule has 2 nitrogen and oxygen atoms in total. The molecule has 124 valence electrons. The first kappa shape index (κ1) is 17.6. The van der Waals surface area contributed by atoms with Crippen LogP contribution in [0, 0.1) is 5.92 Å². The van der Waals surface area contributed by atoms with Crippen molar-refractivity contribution in [2.75, 3.05) is 19.3 Å². The van der Waals surface area contributed by atoms with Crippen molar-refractivity contribution in [3.63, 3.8) is 0 Å². The van der Waals surface area contributed by atoms with Gasteiger partial charge in [0.15, 0.2) is 0 Å². The second kappa shape index (κ2) is 7.70. The number of nitrogens with zero attached hydrogens (tertiary/aromatic N) is 1. The Balaban J connectivity index is 2.07. The lowest BCUT2D eigenvalue weighted by Gasteiger charge is -2.52. The maximum absolute atomic E-state index is 3.91. The fourth-order valence-corrected chi connectivity index (χ4v) is 5.06. The molecule has 1 atom stereocenters.